The van der Waals surface area contributed by atoms with Crippen molar-refractivity contribution in [3.63, 3.8) is 0 Å². The van der Waals surface area contributed by atoms with Crippen molar-refractivity contribution >= 4 is 5.91 Å². The number of amides is 1. The molecule has 0 aromatic carbocycles. The highest BCUT2D eigenvalue weighted by Crippen LogP contribution is 1.99. The van der Waals surface area contributed by atoms with Gasteiger partial charge in [0.2, 0.25) is 5.91 Å². The van der Waals surface area contributed by atoms with E-state index in [1.807, 2.05) is 20.0 Å². The maximum absolute atomic E-state index is 11.4. The van der Waals surface area contributed by atoms with Gasteiger partial charge in [-0.1, -0.05) is 5.21 Å². The highest BCUT2D eigenvalue weighted by Gasteiger charge is 2.06. The first kappa shape index (κ1) is 13.6. The van der Waals surface area contributed by atoms with Crippen LogP contribution in [-0.2, 0) is 17.8 Å². The van der Waals surface area contributed by atoms with Gasteiger partial charge in [-0.15, -0.1) is 5.10 Å². The summed E-state index contributed by atoms with van der Waals surface area (Å²) in [5.41, 5.74) is 6.26. The average molecular weight is 239 g/mol. The van der Waals surface area contributed by atoms with Crippen molar-refractivity contribution in [2.45, 2.75) is 45.7 Å². The molecule has 1 rings (SSSR count). The van der Waals surface area contributed by atoms with Gasteiger partial charge in [0.05, 0.1) is 5.69 Å². The zero-order valence-electron chi connectivity index (χ0n) is 10.5. The lowest BCUT2D eigenvalue weighted by atomic mass is 10.2. The molecular weight excluding hydrogens is 218 g/mol. The molecule has 1 amide bonds. The number of aryl methyl sites for hydroxylation is 2. The van der Waals surface area contributed by atoms with Crippen LogP contribution in [0.5, 0.6) is 0 Å². The lowest BCUT2D eigenvalue weighted by Gasteiger charge is -2.06. The van der Waals surface area contributed by atoms with E-state index in [1.165, 1.54) is 0 Å². The zero-order valence-corrected chi connectivity index (χ0v) is 10.5. The van der Waals surface area contributed by atoms with Gasteiger partial charge >= 0.3 is 0 Å². The predicted octanol–water partition coefficient (Wildman–Crippen LogP) is 0.0841. The maximum atomic E-state index is 11.4. The highest BCUT2D eigenvalue weighted by atomic mass is 16.1. The minimum atomic E-state index is 0.0523. The molecular formula is C11H21N5O. The second-order valence-electron chi connectivity index (χ2n) is 4.34. The molecule has 0 bridgehead atoms. The van der Waals surface area contributed by atoms with Gasteiger partial charge in [0.15, 0.2) is 0 Å². The van der Waals surface area contributed by atoms with Gasteiger partial charge in [0.25, 0.3) is 0 Å². The smallest absolute Gasteiger partial charge is 0.220 e. The van der Waals surface area contributed by atoms with Gasteiger partial charge < -0.3 is 11.1 Å². The van der Waals surface area contributed by atoms with E-state index in [9.17, 15) is 4.79 Å². The summed E-state index contributed by atoms with van der Waals surface area (Å²) in [7, 11) is 0. The van der Waals surface area contributed by atoms with Crippen LogP contribution in [0.25, 0.3) is 0 Å². The molecule has 0 fully saturated rings. The van der Waals surface area contributed by atoms with Crippen molar-refractivity contribution in [3.8, 4) is 0 Å². The van der Waals surface area contributed by atoms with Crippen LogP contribution in [0.1, 0.15) is 32.4 Å². The molecule has 1 aromatic heterocycles. The van der Waals surface area contributed by atoms with Gasteiger partial charge in [0, 0.05) is 31.6 Å². The third kappa shape index (κ3) is 5.44. The Bertz CT molecular complexity index is 347. The lowest BCUT2D eigenvalue weighted by Crippen LogP contribution is -2.30. The lowest BCUT2D eigenvalue weighted by molar-refractivity contribution is -0.121. The quantitative estimate of drug-likeness (QED) is 0.706. The Morgan fingerprint density at radius 2 is 2.35 bits per heavy atom. The summed E-state index contributed by atoms with van der Waals surface area (Å²) in [4.78, 5) is 11.4. The standard InChI is InChI=1S/C11H21N5O/c1-9(2)13-11(17)5-4-10-8-16(15-14-10)7-3-6-12/h8-9H,3-7,12H2,1-2H3,(H,13,17). The molecule has 17 heavy (non-hydrogen) atoms. The van der Waals surface area contributed by atoms with Crippen molar-refractivity contribution in [1.82, 2.24) is 20.3 Å². The van der Waals surface area contributed by atoms with Crippen LogP contribution in [0.4, 0.5) is 0 Å². The van der Waals surface area contributed by atoms with Gasteiger partial charge in [-0.05, 0) is 26.8 Å². The second-order valence-corrected chi connectivity index (χ2v) is 4.34. The molecule has 0 aliphatic heterocycles. The molecule has 0 spiro atoms. The molecule has 0 saturated carbocycles. The number of nitrogens with one attached hydrogen (secondary N) is 1. The van der Waals surface area contributed by atoms with E-state index >= 15 is 0 Å². The number of hydrogen-bond acceptors (Lipinski definition) is 4. The largest absolute Gasteiger partial charge is 0.354 e. The van der Waals surface area contributed by atoms with Crippen LogP contribution in [-0.4, -0.2) is 33.5 Å². The van der Waals surface area contributed by atoms with Crippen molar-refractivity contribution in [2.24, 2.45) is 5.73 Å². The zero-order chi connectivity index (χ0) is 12.7. The summed E-state index contributed by atoms with van der Waals surface area (Å²) in [6.45, 7) is 5.32. The fourth-order valence-corrected chi connectivity index (χ4v) is 1.45. The summed E-state index contributed by atoms with van der Waals surface area (Å²) in [5.74, 6) is 0.0523. The van der Waals surface area contributed by atoms with Crippen molar-refractivity contribution in [1.29, 1.82) is 0 Å². The maximum Gasteiger partial charge on any atom is 0.220 e. The molecule has 0 aliphatic rings. The van der Waals surface area contributed by atoms with Crippen LogP contribution in [0.2, 0.25) is 0 Å². The second kappa shape index (κ2) is 7.01. The third-order valence-electron chi connectivity index (χ3n) is 2.24. The third-order valence-corrected chi connectivity index (χ3v) is 2.24. The Morgan fingerprint density at radius 3 is 3.00 bits per heavy atom. The summed E-state index contributed by atoms with van der Waals surface area (Å²) in [5, 5.41) is 10.8. The minimum absolute atomic E-state index is 0.0523. The van der Waals surface area contributed by atoms with Crippen LogP contribution in [0.3, 0.4) is 0 Å². The first-order valence-electron chi connectivity index (χ1n) is 6.00. The van der Waals surface area contributed by atoms with E-state index in [0.29, 0.717) is 19.4 Å². The molecule has 0 atom stereocenters. The van der Waals surface area contributed by atoms with E-state index < -0.39 is 0 Å². The number of carbonyl (C=O) groups is 1. The molecule has 1 aromatic rings. The fraction of sp³-hybridized carbons (Fsp3) is 0.727. The first-order chi connectivity index (χ1) is 8.11. The molecule has 0 saturated heterocycles. The van der Waals surface area contributed by atoms with Crippen molar-refractivity contribution in [2.75, 3.05) is 6.54 Å². The summed E-state index contributed by atoms with van der Waals surface area (Å²) in [6, 6.07) is 0.183. The Hall–Kier alpha value is -1.43. The van der Waals surface area contributed by atoms with E-state index in [2.05, 4.69) is 15.6 Å². The van der Waals surface area contributed by atoms with Gasteiger partial charge in [-0.3, -0.25) is 9.48 Å². The Labute approximate surface area is 102 Å². The van der Waals surface area contributed by atoms with Crippen LogP contribution < -0.4 is 11.1 Å². The van der Waals surface area contributed by atoms with Gasteiger partial charge in [-0.2, -0.15) is 0 Å². The summed E-state index contributed by atoms with van der Waals surface area (Å²) < 4.78 is 1.77. The van der Waals surface area contributed by atoms with Gasteiger partial charge in [0.1, 0.15) is 0 Å². The monoisotopic (exact) mass is 239 g/mol. The molecule has 96 valence electrons. The highest BCUT2D eigenvalue weighted by molar-refractivity contribution is 5.76. The van der Waals surface area contributed by atoms with E-state index in [-0.39, 0.29) is 11.9 Å². The number of nitrogens with two attached hydrogens (primary N) is 1. The van der Waals surface area contributed by atoms with E-state index in [1.54, 1.807) is 4.68 Å². The molecule has 3 N–H and O–H groups in total. The van der Waals surface area contributed by atoms with Crippen LogP contribution in [0.15, 0.2) is 6.20 Å². The minimum Gasteiger partial charge on any atom is -0.354 e. The summed E-state index contributed by atoms with van der Waals surface area (Å²) in [6.07, 6.45) is 3.84. The first-order valence-corrected chi connectivity index (χ1v) is 6.00. The average Bonchev–Trinajstić information content (AvgIpc) is 2.70. The topological polar surface area (TPSA) is 85.8 Å². The number of aromatic nitrogens is 3. The summed E-state index contributed by atoms with van der Waals surface area (Å²) >= 11 is 0. The molecule has 6 heteroatoms. The number of carbonyl (C=O) groups excluding carboxylic acids is 1. The Balaban J connectivity index is 2.31. The SMILES string of the molecule is CC(C)NC(=O)CCc1cn(CCCN)nn1. The molecule has 0 radical (unpaired) electrons. The van der Waals surface area contributed by atoms with Crippen LogP contribution in [0, 0.1) is 0 Å². The van der Waals surface area contributed by atoms with E-state index in [4.69, 9.17) is 5.73 Å². The normalized spacial score (nSPS) is 10.8. The predicted molar refractivity (Wildman–Crippen MR) is 65.3 cm³/mol. The number of rotatable bonds is 7. The molecule has 1 heterocycles. The Kier molecular flexibility index (Phi) is 5.62. The van der Waals surface area contributed by atoms with E-state index in [0.717, 1.165) is 18.7 Å². The van der Waals surface area contributed by atoms with Crippen molar-refractivity contribution in [3.05, 3.63) is 11.9 Å². The van der Waals surface area contributed by atoms with Gasteiger partial charge in [-0.25, -0.2) is 0 Å². The molecule has 6 nitrogen and oxygen atoms in total. The fourth-order valence-electron chi connectivity index (χ4n) is 1.45. The number of hydrogen-bond donors (Lipinski definition) is 2. The molecule has 0 unspecified atom stereocenters. The molecule has 0 aliphatic carbocycles. The van der Waals surface area contributed by atoms with Crippen LogP contribution >= 0.6 is 0 Å². The Morgan fingerprint density at radius 1 is 1.59 bits per heavy atom. The van der Waals surface area contributed by atoms with Crippen molar-refractivity contribution < 1.29 is 4.79 Å². The number of nitrogens with zero attached hydrogens (tertiary/aromatic N) is 3.